The zero-order chi connectivity index (χ0) is 12.5. The summed E-state index contributed by atoms with van der Waals surface area (Å²) in [6.45, 7) is 11.6. The molecule has 1 aliphatic heterocycles. The normalized spacial score (nSPS) is 19.8. The second-order valence-electron chi connectivity index (χ2n) is 4.81. The van der Waals surface area contributed by atoms with E-state index in [1.54, 1.807) is 0 Å². The van der Waals surface area contributed by atoms with Crippen LogP contribution in [0.4, 0.5) is 0 Å². The van der Waals surface area contributed by atoms with Gasteiger partial charge in [0.05, 0.1) is 19.3 Å². The van der Waals surface area contributed by atoms with Crippen molar-refractivity contribution in [2.24, 2.45) is 0 Å². The van der Waals surface area contributed by atoms with Gasteiger partial charge in [0.2, 0.25) is 0 Å². The lowest BCUT2D eigenvalue weighted by molar-refractivity contribution is 0.00720. The van der Waals surface area contributed by atoms with Crippen molar-refractivity contribution in [1.82, 2.24) is 9.80 Å². The van der Waals surface area contributed by atoms with E-state index in [2.05, 4.69) is 23.6 Å². The summed E-state index contributed by atoms with van der Waals surface area (Å²) in [5.74, 6) is 0. The van der Waals surface area contributed by atoms with Crippen molar-refractivity contribution in [2.75, 3.05) is 52.5 Å². The van der Waals surface area contributed by atoms with E-state index < -0.39 is 0 Å². The van der Waals surface area contributed by atoms with E-state index in [0.29, 0.717) is 0 Å². The quantitative estimate of drug-likeness (QED) is 0.685. The maximum absolute atomic E-state index is 10.1. The van der Waals surface area contributed by atoms with E-state index in [9.17, 15) is 5.11 Å². The van der Waals surface area contributed by atoms with Gasteiger partial charge in [0.1, 0.15) is 0 Å². The third-order valence-corrected chi connectivity index (χ3v) is 3.32. The van der Waals surface area contributed by atoms with Gasteiger partial charge in [0.15, 0.2) is 0 Å². The van der Waals surface area contributed by atoms with E-state index >= 15 is 0 Å². The maximum Gasteiger partial charge on any atom is 0.0793 e. The first-order chi connectivity index (χ1) is 8.26. The molecule has 1 rings (SSSR count). The highest BCUT2D eigenvalue weighted by atomic mass is 16.5. The van der Waals surface area contributed by atoms with E-state index in [1.165, 1.54) is 12.8 Å². The lowest BCUT2D eigenvalue weighted by Crippen LogP contribution is -2.44. The minimum atomic E-state index is -0.232. The molecule has 102 valence electrons. The van der Waals surface area contributed by atoms with E-state index in [4.69, 9.17) is 4.74 Å². The van der Waals surface area contributed by atoms with Crippen LogP contribution in [0.15, 0.2) is 0 Å². The highest BCUT2D eigenvalue weighted by molar-refractivity contribution is 4.70. The lowest BCUT2D eigenvalue weighted by Gasteiger charge is -2.30. The number of β-amino-alcohol motifs (C(OH)–C–C–N with tert-alkyl or cyclic N) is 1. The van der Waals surface area contributed by atoms with Crippen LogP contribution in [0.5, 0.6) is 0 Å². The first-order valence-electron chi connectivity index (χ1n) is 6.96. The number of likely N-dealkylation sites (N-methyl/N-ethyl adjacent to an activating group) is 1. The van der Waals surface area contributed by atoms with Gasteiger partial charge in [-0.2, -0.15) is 0 Å². The minimum absolute atomic E-state index is 0.232. The molecule has 0 spiro atoms. The molecular weight excluding hydrogens is 216 g/mol. The number of ether oxygens (including phenoxy) is 1. The van der Waals surface area contributed by atoms with Gasteiger partial charge >= 0.3 is 0 Å². The predicted molar refractivity (Wildman–Crippen MR) is 70.3 cm³/mol. The molecule has 1 heterocycles. The lowest BCUT2D eigenvalue weighted by atomic mass is 10.2. The summed E-state index contributed by atoms with van der Waals surface area (Å²) in [5, 5.41) is 10.1. The van der Waals surface area contributed by atoms with Crippen molar-refractivity contribution in [3.8, 4) is 0 Å². The Morgan fingerprint density at radius 2 is 2.00 bits per heavy atom. The summed E-state index contributed by atoms with van der Waals surface area (Å²) in [7, 11) is 0. The molecule has 1 atom stereocenters. The average Bonchev–Trinajstić information content (AvgIpc) is 2.35. The molecule has 1 N–H and O–H groups in total. The number of unbranched alkanes of at least 4 members (excludes halogenated alkanes) is 1. The fraction of sp³-hybridized carbons (Fsp3) is 1.00. The Hall–Kier alpha value is -0.160. The topological polar surface area (TPSA) is 35.9 Å². The first kappa shape index (κ1) is 14.9. The van der Waals surface area contributed by atoms with Gasteiger partial charge in [-0.05, 0) is 19.5 Å². The Kier molecular flexibility index (Phi) is 7.77. The van der Waals surface area contributed by atoms with Crippen LogP contribution in [-0.4, -0.2) is 73.5 Å². The molecule has 1 unspecified atom stereocenters. The minimum Gasteiger partial charge on any atom is -0.390 e. The van der Waals surface area contributed by atoms with Crippen molar-refractivity contribution in [2.45, 2.75) is 32.8 Å². The molecule has 4 nitrogen and oxygen atoms in total. The SMILES string of the molecule is CCCCN(CC)CC(O)CN1CCOCC1. The number of hydrogen-bond donors (Lipinski definition) is 1. The van der Waals surface area contributed by atoms with Crippen LogP contribution in [0.3, 0.4) is 0 Å². The monoisotopic (exact) mass is 244 g/mol. The first-order valence-corrected chi connectivity index (χ1v) is 6.96. The van der Waals surface area contributed by atoms with Gasteiger partial charge in [0.25, 0.3) is 0 Å². The Labute approximate surface area is 106 Å². The number of aliphatic hydroxyl groups is 1. The van der Waals surface area contributed by atoms with Crippen LogP contribution in [-0.2, 0) is 4.74 Å². The Morgan fingerprint density at radius 3 is 2.59 bits per heavy atom. The van der Waals surface area contributed by atoms with Crippen molar-refractivity contribution in [3.05, 3.63) is 0 Å². The molecule has 1 fully saturated rings. The smallest absolute Gasteiger partial charge is 0.0793 e. The van der Waals surface area contributed by atoms with Crippen molar-refractivity contribution >= 4 is 0 Å². The van der Waals surface area contributed by atoms with E-state index in [-0.39, 0.29) is 6.10 Å². The third-order valence-electron chi connectivity index (χ3n) is 3.32. The Balaban J connectivity index is 2.18. The average molecular weight is 244 g/mol. The molecule has 0 aromatic heterocycles. The number of morpholine rings is 1. The third kappa shape index (κ3) is 6.36. The fourth-order valence-corrected chi connectivity index (χ4v) is 2.20. The second-order valence-corrected chi connectivity index (χ2v) is 4.81. The number of rotatable bonds is 8. The van der Waals surface area contributed by atoms with Gasteiger partial charge in [-0.3, -0.25) is 4.90 Å². The van der Waals surface area contributed by atoms with Crippen molar-refractivity contribution in [3.63, 3.8) is 0 Å². The van der Waals surface area contributed by atoms with Gasteiger partial charge < -0.3 is 14.7 Å². The van der Waals surface area contributed by atoms with Crippen LogP contribution in [0, 0.1) is 0 Å². The molecule has 0 amide bonds. The predicted octanol–water partition coefficient (Wildman–Crippen LogP) is 0.802. The highest BCUT2D eigenvalue weighted by Crippen LogP contribution is 2.02. The summed E-state index contributed by atoms with van der Waals surface area (Å²) < 4.78 is 5.30. The molecule has 0 aromatic carbocycles. The Morgan fingerprint density at radius 1 is 1.29 bits per heavy atom. The molecule has 4 heteroatoms. The largest absolute Gasteiger partial charge is 0.390 e. The highest BCUT2D eigenvalue weighted by Gasteiger charge is 2.16. The zero-order valence-corrected chi connectivity index (χ0v) is 11.4. The van der Waals surface area contributed by atoms with Crippen LogP contribution in [0.1, 0.15) is 26.7 Å². The summed E-state index contributed by atoms with van der Waals surface area (Å²) in [5.41, 5.74) is 0. The zero-order valence-electron chi connectivity index (χ0n) is 11.4. The molecular formula is C13H28N2O2. The fourth-order valence-electron chi connectivity index (χ4n) is 2.20. The van der Waals surface area contributed by atoms with Crippen molar-refractivity contribution in [1.29, 1.82) is 0 Å². The molecule has 1 saturated heterocycles. The Bertz CT molecular complexity index is 184. The number of nitrogens with zero attached hydrogens (tertiary/aromatic N) is 2. The van der Waals surface area contributed by atoms with Crippen LogP contribution < -0.4 is 0 Å². The van der Waals surface area contributed by atoms with Crippen molar-refractivity contribution < 1.29 is 9.84 Å². The van der Waals surface area contributed by atoms with Gasteiger partial charge in [0, 0.05) is 26.2 Å². The summed E-state index contributed by atoms with van der Waals surface area (Å²) >= 11 is 0. The standard InChI is InChI=1S/C13H28N2O2/c1-3-5-6-14(4-2)11-13(16)12-15-7-9-17-10-8-15/h13,16H,3-12H2,1-2H3. The van der Waals surface area contributed by atoms with Crippen LogP contribution >= 0.6 is 0 Å². The molecule has 17 heavy (non-hydrogen) atoms. The number of hydrogen-bond acceptors (Lipinski definition) is 4. The van der Waals surface area contributed by atoms with Gasteiger partial charge in [-0.25, -0.2) is 0 Å². The second kappa shape index (κ2) is 8.86. The summed E-state index contributed by atoms with van der Waals surface area (Å²) in [6.07, 6.45) is 2.21. The van der Waals surface area contributed by atoms with Gasteiger partial charge in [-0.15, -0.1) is 0 Å². The molecule has 0 aromatic rings. The van der Waals surface area contributed by atoms with Crippen LogP contribution in [0.2, 0.25) is 0 Å². The number of aliphatic hydroxyl groups excluding tert-OH is 1. The molecule has 0 bridgehead atoms. The van der Waals surface area contributed by atoms with E-state index in [1.807, 2.05) is 0 Å². The summed E-state index contributed by atoms with van der Waals surface area (Å²) in [6, 6.07) is 0. The molecule has 1 aliphatic rings. The van der Waals surface area contributed by atoms with Crippen LogP contribution in [0.25, 0.3) is 0 Å². The molecule has 0 aliphatic carbocycles. The molecule has 0 saturated carbocycles. The van der Waals surface area contributed by atoms with E-state index in [0.717, 1.165) is 52.5 Å². The molecule has 0 radical (unpaired) electrons. The van der Waals surface area contributed by atoms with Gasteiger partial charge in [-0.1, -0.05) is 20.3 Å². The summed E-state index contributed by atoms with van der Waals surface area (Å²) in [4.78, 5) is 4.64. The maximum atomic E-state index is 10.1.